The van der Waals surface area contributed by atoms with Crippen LogP contribution in [0.4, 0.5) is 10.2 Å². The Morgan fingerprint density at radius 1 is 0.953 bits per heavy atom. The van der Waals surface area contributed by atoms with E-state index < -0.39 is 29.7 Å². The topological polar surface area (TPSA) is 131 Å². The number of halogens is 1. The molecular weight excluding hydrogens is 553 g/mol. The highest BCUT2D eigenvalue weighted by atomic mass is 19.1. The molecule has 0 aromatic carbocycles. The molecule has 2 atom stereocenters. The van der Waals surface area contributed by atoms with E-state index in [1.165, 1.54) is 56.5 Å². The van der Waals surface area contributed by atoms with E-state index >= 15 is 0 Å². The quantitative estimate of drug-likeness (QED) is 0.0672. The first kappa shape index (κ1) is 35.9. The molecule has 0 fully saturated rings. The van der Waals surface area contributed by atoms with Gasteiger partial charge in [-0.3, -0.25) is 9.59 Å². The smallest absolute Gasteiger partial charge is 0.312 e. The number of nitrogens with two attached hydrogens (primary N) is 1. The summed E-state index contributed by atoms with van der Waals surface area (Å²) in [6, 6.07) is 0. The average molecular weight is 604 g/mol. The molecule has 0 saturated heterocycles. The maximum atomic E-state index is 14.0. The maximum Gasteiger partial charge on any atom is 0.312 e. The third-order valence-electron chi connectivity index (χ3n) is 7.64. The van der Waals surface area contributed by atoms with Crippen LogP contribution in [0.1, 0.15) is 117 Å². The van der Waals surface area contributed by atoms with Crippen molar-refractivity contribution in [3.05, 3.63) is 12.4 Å². The van der Waals surface area contributed by atoms with E-state index in [1.54, 1.807) is 0 Å². The van der Waals surface area contributed by atoms with Gasteiger partial charge in [0, 0.05) is 20.0 Å². The van der Waals surface area contributed by atoms with E-state index in [2.05, 4.69) is 34.7 Å². The number of unbranched alkanes of at least 4 members (excludes halogenated alkanes) is 12. The number of rotatable bonds is 23. The van der Waals surface area contributed by atoms with Crippen LogP contribution >= 0.6 is 0 Å². The molecule has 10 nitrogen and oxygen atoms in total. The number of fused-ring (bicyclic) bond motifs is 1. The normalized spacial score (nSPS) is 13.4. The highest BCUT2D eigenvalue weighted by Crippen LogP contribution is 2.25. The Hall–Kier alpha value is -3.26. The number of carbonyl (C=O) groups excluding carboxylic acids is 2. The largest absolute Gasteiger partial charge is 0.461 e. The number of methoxy groups -OCH3 is 1. The molecule has 2 N–H and O–H groups in total. The Balaban J connectivity index is 2.11. The molecular formula is C32H50FN5O5. The van der Waals surface area contributed by atoms with Crippen LogP contribution in [0.5, 0.6) is 0 Å². The summed E-state index contributed by atoms with van der Waals surface area (Å²) >= 11 is 0. The lowest BCUT2D eigenvalue weighted by Gasteiger charge is -2.34. The number of ether oxygens (including phenoxy) is 3. The van der Waals surface area contributed by atoms with Crippen LogP contribution in [0.3, 0.4) is 0 Å². The van der Waals surface area contributed by atoms with Crippen LogP contribution < -0.4 is 5.73 Å². The van der Waals surface area contributed by atoms with Gasteiger partial charge in [-0.15, -0.1) is 6.42 Å². The van der Waals surface area contributed by atoms with Crippen molar-refractivity contribution in [3.8, 4) is 12.3 Å². The minimum absolute atomic E-state index is 0.0947. The Morgan fingerprint density at radius 2 is 1.51 bits per heavy atom. The number of nitrogen functional groups attached to an aromatic ring is 1. The zero-order valence-corrected chi connectivity index (χ0v) is 26.2. The number of hydrogen-bond donors (Lipinski definition) is 1. The molecule has 11 heteroatoms. The van der Waals surface area contributed by atoms with Gasteiger partial charge in [0.15, 0.2) is 17.6 Å². The van der Waals surface area contributed by atoms with Gasteiger partial charge in [-0.25, -0.2) is 4.98 Å². The van der Waals surface area contributed by atoms with Crippen molar-refractivity contribution in [2.24, 2.45) is 0 Å². The van der Waals surface area contributed by atoms with Crippen LogP contribution in [0.2, 0.25) is 0 Å². The minimum Gasteiger partial charge on any atom is -0.461 e. The zero-order chi connectivity index (χ0) is 31.5. The summed E-state index contributed by atoms with van der Waals surface area (Å²) in [7, 11) is 1.37. The fraction of sp³-hybridized carbons (Fsp3) is 0.719. The van der Waals surface area contributed by atoms with Gasteiger partial charge in [0.25, 0.3) is 0 Å². The lowest BCUT2D eigenvalue weighted by Crippen LogP contribution is -2.51. The van der Waals surface area contributed by atoms with Crippen molar-refractivity contribution in [3.63, 3.8) is 0 Å². The van der Waals surface area contributed by atoms with Gasteiger partial charge in [0.1, 0.15) is 12.1 Å². The standard InChI is InChI=1S/C32H50FN5O5/c1-5-8-10-12-14-16-18-20-26(39)42-23-32(7-3,41-4)25(43-27(40)21-19-17-15-13-11-9-6-2)22-38-24-35-28-29(34)36-31(33)37-30(28)38/h3,24-25H,5-6,8-23H2,1-2,4H3,(H2,34,36,37)/t25-,32?/m0/s1. The van der Waals surface area contributed by atoms with Gasteiger partial charge in [-0.05, 0) is 12.8 Å². The molecule has 0 spiro atoms. The lowest BCUT2D eigenvalue weighted by molar-refractivity contribution is -0.174. The van der Waals surface area contributed by atoms with Crippen LogP contribution in [0, 0.1) is 18.4 Å². The third-order valence-corrected chi connectivity index (χ3v) is 7.64. The van der Waals surface area contributed by atoms with E-state index in [0.717, 1.165) is 38.5 Å². The van der Waals surface area contributed by atoms with E-state index in [1.807, 2.05) is 0 Å². The number of carbonyl (C=O) groups is 2. The summed E-state index contributed by atoms with van der Waals surface area (Å²) < 4.78 is 32.6. The van der Waals surface area contributed by atoms with Gasteiger partial charge in [-0.2, -0.15) is 14.4 Å². The number of aromatic nitrogens is 4. The number of anilines is 1. The monoisotopic (exact) mass is 603 g/mol. The molecule has 0 aliphatic heterocycles. The molecule has 43 heavy (non-hydrogen) atoms. The maximum absolute atomic E-state index is 14.0. The van der Waals surface area contributed by atoms with E-state index in [0.29, 0.717) is 12.8 Å². The Bertz CT molecular complexity index is 1170. The summed E-state index contributed by atoms with van der Waals surface area (Å²) in [5, 5.41) is 0. The molecule has 240 valence electrons. The molecule has 0 bridgehead atoms. The first-order valence-corrected chi connectivity index (χ1v) is 15.8. The second kappa shape index (κ2) is 19.8. The Kier molecular flexibility index (Phi) is 16.6. The number of terminal acetylenes is 1. The highest BCUT2D eigenvalue weighted by molar-refractivity contribution is 5.81. The minimum atomic E-state index is -1.61. The second-order valence-electron chi connectivity index (χ2n) is 11.1. The summed E-state index contributed by atoms with van der Waals surface area (Å²) in [6.45, 7) is 3.92. The van der Waals surface area contributed by atoms with Crippen LogP contribution in [-0.4, -0.2) is 56.9 Å². The molecule has 1 unspecified atom stereocenters. The fourth-order valence-electron chi connectivity index (χ4n) is 4.94. The van der Waals surface area contributed by atoms with Crippen molar-refractivity contribution >= 4 is 28.9 Å². The molecule has 2 aromatic heterocycles. The van der Waals surface area contributed by atoms with Crippen LogP contribution in [-0.2, 0) is 30.3 Å². The number of esters is 2. The van der Waals surface area contributed by atoms with Crippen molar-refractivity contribution in [2.45, 2.75) is 135 Å². The predicted molar refractivity (Wildman–Crippen MR) is 164 cm³/mol. The van der Waals surface area contributed by atoms with Crippen molar-refractivity contribution in [2.75, 3.05) is 19.5 Å². The van der Waals surface area contributed by atoms with Crippen molar-refractivity contribution < 1.29 is 28.2 Å². The summed E-state index contributed by atoms with van der Waals surface area (Å²) in [6.07, 6.45) is 20.5. The molecule has 0 aliphatic rings. The van der Waals surface area contributed by atoms with Gasteiger partial charge >= 0.3 is 18.0 Å². The number of nitrogens with zero attached hydrogens (tertiary/aromatic N) is 4. The number of hydrogen-bond acceptors (Lipinski definition) is 9. The molecule has 0 radical (unpaired) electrons. The predicted octanol–water partition coefficient (Wildman–Crippen LogP) is 6.30. The molecule has 2 rings (SSSR count). The first-order chi connectivity index (χ1) is 20.8. The van der Waals surface area contributed by atoms with Gasteiger partial charge in [-0.1, -0.05) is 96.8 Å². The third kappa shape index (κ3) is 12.1. The van der Waals surface area contributed by atoms with Crippen LogP contribution in [0.25, 0.3) is 11.2 Å². The average Bonchev–Trinajstić information content (AvgIpc) is 3.39. The molecule has 2 heterocycles. The lowest BCUT2D eigenvalue weighted by atomic mass is 9.97. The van der Waals surface area contributed by atoms with Gasteiger partial charge in [0.2, 0.25) is 5.60 Å². The van der Waals surface area contributed by atoms with Crippen LogP contribution in [0.15, 0.2) is 6.33 Å². The van der Waals surface area contributed by atoms with E-state index in [9.17, 15) is 14.0 Å². The summed E-state index contributed by atoms with van der Waals surface area (Å²) in [4.78, 5) is 37.1. The fourth-order valence-corrected chi connectivity index (χ4v) is 4.94. The Morgan fingerprint density at radius 3 is 2.07 bits per heavy atom. The number of imidazole rings is 1. The zero-order valence-electron chi connectivity index (χ0n) is 26.2. The second-order valence-corrected chi connectivity index (χ2v) is 11.1. The van der Waals surface area contributed by atoms with Gasteiger partial charge in [0.05, 0.1) is 12.9 Å². The Labute approximate surface area is 255 Å². The van der Waals surface area contributed by atoms with E-state index in [4.69, 9.17) is 26.4 Å². The summed E-state index contributed by atoms with van der Waals surface area (Å²) in [5.74, 6) is 1.57. The highest BCUT2D eigenvalue weighted by Gasteiger charge is 2.42. The summed E-state index contributed by atoms with van der Waals surface area (Å²) in [5.41, 5.74) is 4.51. The molecule has 2 aromatic rings. The SMILES string of the molecule is C#CC(COC(=O)CCCCCCCCC)(OC)[C@H](Cn1cnc2c(N)nc(F)nc21)OC(=O)CCCCCCCCC. The molecule has 0 saturated carbocycles. The molecule has 0 amide bonds. The van der Waals surface area contributed by atoms with E-state index in [-0.39, 0.29) is 43.0 Å². The van der Waals surface area contributed by atoms with Crippen molar-refractivity contribution in [1.82, 2.24) is 19.5 Å². The van der Waals surface area contributed by atoms with Crippen molar-refractivity contribution in [1.29, 1.82) is 0 Å². The van der Waals surface area contributed by atoms with Gasteiger partial charge < -0.3 is 24.5 Å². The first-order valence-electron chi connectivity index (χ1n) is 15.8. The molecule has 0 aliphatic carbocycles.